The molecule has 0 fully saturated rings. The van der Waals surface area contributed by atoms with Gasteiger partial charge in [0.25, 0.3) is 0 Å². The maximum absolute atomic E-state index is 13.0. The summed E-state index contributed by atoms with van der Waals surface area (Å²) in [5.74, 6) is 0.592. The standard InChI is InChI=1S/C24H40N3O3S.ClH/c1-4-5-6-7-8-9-10-11-12-16-19-26-20-23(21-28)27(31(29,30)25(2)3)24(26)22-17-14-13-15-18-22;/h13-15,17-18,20,28H,4-12,16,19,21H2,1-3H3;1H/q+1;/p-1. The second kappa shape index (κ2) is 14.7. The van der Waals surface area contributed by atoms with Crippen molar-refractivity contribution in [2.45, 2.75) is 84.3 Å². The number of aryl methyl sites for hydroxylation is 1. The van der Waals surface area contributed by atoms with Crippen molar-refractivity contribution >= 4 is 10.2 Å². The molecule has 1 N–H and O–H groups in total. The van der Waals surface area contributed by atoms with Gasteiger partial charge < -0.3 is 17.5 Å². The maximum atomic E-state index is 13.0. The molecular formula is C24H40ClN3O3S. The van der Waals surface area contributed by atoms with Crippen LogP contribution in [-0.4, -0.2) is 35.9 Å². The van der Waals surface area contributed by atoms with Crippen molar-refractivity contribution in [2.24, 2.45) is 0 Å². The molecule has 0 unspecified atom stereocenters. The number of nitrogens with zero attached hydrogens (tertiary/aromatic N) is 3. The van der Waals surface area contributed by atoms with Gasteiger partial charge in [0.15, 0.2) is 5.69 Å². The first kappa shape index (κ1) is 28.6. The van der Waals surface area contributed by atoms with Crippen LogP contribution in [0.2, 0.25) is 0 Å². The summed E-state index contributed by atoms with van der Waals surface area (Å²) in [6.07, 6.45) is 14.3. The van der Waals surface area contributed by atoms with E-state index in [1.54, 1.807) is 6.20 Å². The fourth-order valence-corrected chi connectivity index (χ4v) is 5.04. The first-order valence-electron chi connectivity index (χ1n) is 11.7. The highest BCUT2D eigenvalue weighted by Gasteiger charge is 2.35. The summed E-state index contributed by atoms with van der Waals surface area (Å²) in [6.45, 7) is 2.64. The van der Waals surface area contributed by atoms with Gasteiger partial charge in [-0.25, -0.2) is 4.57 Å². The van der Waals surface area contributed by atoms with E-state index >= 15 is 0 Å². The second-order valence-corrected chi connectivity index (χ2v) is 10.4. The maximum Gasteiger partial charge on any atom is 0.380 e. The van der Waals surface area contributed by atoms with Gasteiger partial charge in [-0.3, -0.25) is 0 Å². The minimum absolute atomic E-state index is 0. The van der Waals surface area contributed by atoms with Gasteiger partial charge in [-0.05, 0) is 25.0 Å². The Morgan fingerprint density at radius 3 is 1.94 bits per heavy atom. The highest BCUT2D eigenvalue weighted by Crippen LogP contribution is 2.22. The third-order valence-electron chi connectivity index (χ3n) is 5.67. The van der Waals surface area contributed by atoms with Crippen molar-refractivity contribution in [1.29, 1.82) is 0 Å². The van der Waals surface area contributed by atoms with E-state index in [4.69, 9.17) is 0 Å². The van der Waals surface area contributed by atoms with Crippen molar-refractivity contribution in [3.8, 4) is 11.4 Å². The largest absolute Gasteiger partial charge is 1.00 e. The van der Waals surface area contributed by atoms with Crippen molar-refractivity contribution in [3.63, 3.8) is 0 Å². The lowest BCUT2D eigenvalue weighted by molar-refractivity contribution is -0.685. The predicted octanol–water partition coefficient (Wildman–Crippen LogP) is 1.51. The molecule has 0 bridgehead atoms. The molecule has 1 aromatic heterocycles. The van der Waals surface area contributed by atoms with E-state index in [0.29, 0.717) is 11.5 Å². The molecule has 0 spiro atoms. The number of hydrogen-bond acceptors (Lipinski definition) is 3. The molecule has 2 aromatic rings. The number of imidazole rings is 1. The number of unbranched alkanes of at least 4 members (excludes halogenated alkanes) is 9. The van der Waals surface area contributed by atoms with E-state index in [1.165, 1.54) is 73.7 Å². The Labute approximate surface area is 200 Å². The Morgan fingerprint density at radius 2 is 1.44 bits per heavy atom. The zero-order chi connectivity index (χ0) is 22.7. The molecule has 182 valence electrons. The number of rotatable bonds is 15. The fraction of sp³-hybridized carbons (Fsp3) is 0.625. The Hall–Kier alpha value is -1.41. The van der Waals surface area contributed by atoms with E-state index in [9.17, 15) is 13.5 Å². The molecule has 6 nitrogen and oxygen atoms in total. The van der Waals surface area contributed by atoms with Crippen LogP contribution in [0.5, 0.6) is 0 Å². The van der Waals surface area contributed by atoms with Gasteiger partial charge in [-0.2, -0.15) is 12.7 Å². The van der Waals surface area contributed by atoms with Gasteiger partial charge in [0.05, 0.1) is 12.1 Å². The average molecular weight is 486 g/mol. The molecule has 1 heterocycles. The Balaban J connectivity index is 0.00000512. The molecule has 0 aliphatic heterocycles. The van der Waals surface area contributed by atoms with Crippen molar-refractivity contribution in [3.05, 3.63) is 42.2 Å². The third-order valence-corrected chi connectivity index (χ3v) is 7.46. The minimum atomic E-state index is -3.76. The minimum Gasteiger partial charge on any atom is -1.00 e. The first-order valence-corrected chi connectivity index (χ1v) is 13.1. The molecule has 0 saturated heterocycles. The summed E-state index contributed by atoms with van der Waals surface area (Å²) >= 11 is 0. The molecule has 0 atom stereocenters. The van der Waals surface area contributed by atoms with Gasteiger partial charge in [0.1, 0.15) is 12.8 Å². The summed E-state index contributed by atoms with van der Waals surface area (Å²) < 4.78 is 30.5. The normalized spacial score (nSPS) is 11.7. The van der Waals surface area contributed by atoms with Crippen LogP contribution in [-0.2, 0) is 23.4 Å². The molecule has 0 aliphatic carbocycles. The topological polar surface area (TPSA) is 66.4 Å². The van der Waals surface area contributed by atoms with Crippen LogP contribution in [0.25, 0.3) is 11.4 Å². The Bertz CT molecular complexity index is 883. The van der Waals surface area contributed by atoms with Crippen LogP contribution in [0.15, 0.2) is 36.5 Å². The molecule has 0 saturated carbocycles. The smallest absolute Gasteiger partial charge is 0.380 e. The number of benzene rings is 1. The van der Waals surface area contributed by atoms with Crippen LogP contribution >= 0.6 is 0 Å². The van der Waals surface area contributed by atoms with E-state index in [1.807, 2.05) is 34.9 Å². The molecule has 1 aromatic carbocycles. The van der Waals surface area contributed by atoms with Crippen LogP contribution in [0.4, 0.5) is 0 Å². The lowest BCUT2D eigenvalue weighted by Crippen LogP contribution is -3.00. The molecule has 0 amide bonds. The van der Waals surface area contributed by atoms with Crippen molar-refractivity contribution in [1.82, 2.24) is 8.28 Å². The van der Waals surface area contributed by atoms with Gasteiger partial charge in [0, 0.05) is 14.1 Å². The van der Waals surface area contributed by atoms with Crippen molar-refractivity contribution < 1.29 is 30.5 Å². The summed E-state index contributed by atoms with van der Waals surface area (Å²) in [4.78, 5) is 0. The number of aromatic nitrogens is 2. The number of aliphatic hydroxyl groups is 1. The third kappa shape index (κ3) is 7.87. The zero-order valence-corrected chi connectivity index (χ0v) is 21.4. The summed E-state index contributed by atoms with van der Waals surface area (Å²) in [6, 6.07) is 9.54. The summed E-state index contributed by atoms with van der Waals surface area (Å²) in [5.41, 5.74) is 1.19. The average Bonchev–Trinajstić information content (AvgIpc) is 3.15. The SMILES string of the molecule is CCCCCCCCCCCC[n+]1cc(CO)n(S(=O)(=O)N(C)C)c1-c1ccccc1.[Cl-]. The lowest BCUT2D eigenvalue weighted by atomic mass is 10.1. The van der Waals surface area contributed by atoms with Gasteiger partial charge in [-0.15, -0.1) is 3.97 Å². The molecule has 8 heteroatoms. The number of halogens is 1. The second-order valence-electron chi connectivity index (χ2n) is 8.40. The quantitative estimate of drug-likeness (QED) is 0.307. The Kier molecular flexibility index (Phi) is 13.1. The van der Waals surface area contributed by atoms with Crippen LogP contribution in [0.3, 0.4) is 0 Å². The van der Waals surface area contributed by atoms with Crippen LogP contribution in [0.1, 0.15) is 76.8 Å². The first-order chi connectivity index (χ1) is 14.9. The molecule has 0 aliphatic rings. The van der Waals surface area contributed by atoms with Gasteiger partial charge in [0.2, 0.25) is 0 Å². The highest BCUT2D eigenvalue weighted by atomic mass is 35.5. The highest BCUT2D eigenvalue weighted by molar-refractivity contribution is 7.87. The monoisotopic (exact) mass is 485 g/mol. The van der Waals surface area contributed by atoms with E-state index < -0.39 is 10.2 Å². The van der Waals surface area contributed by atoms with E-state index in [2.05, 4.69) is 6.92 Å². The fourth-order valence-electron chi connectivity index (χ4n) is 3.88. The van der Waals surface area contributed by atoms with Crippen molar-refractivity contribution in [2.75, 3.05) is 14.1 Å². The molecule has 32 heavy (non-hydrogen) atoms. The van der Waals surface area contributed by atoms with Crippen LogP contribution in [0, 0.1) is 0 Å². The number of hydrogen-bond donors (Lipinski definition) is 1. The van der Waals surface area contributed by atoms with Gasteiger partial charge >= 0.3 is 16.0 Å². The van der Waals surface area contributed by atoms with Crippen LogP contribution < -0.4 is 17.0 Å². The number of aliphatic hydroxyl groups excluding tert-OH is 1. The molecular weight excluding hydrogens is 446 g/mol. The zero-order valence-electron chi connectivity index (χ0n) is 19.8. The lowest BCUT2D eigenvalue weighted by Gasteiger charge is -2.11. The van der Waals surface area contributed by atoms with E-state index in [-0.39, 0.29) is 19.0 Å². The summed E-state index contributed by atoms with van der Waals surface area (Å²) in [7, 11) is -0.737. The molecule has 2 rings (SSSR count). The summed E-state index contributed by atoms with van der Waals surface area (Å²) in [5, 5.41) is 9.88. The Morgan fingerprint density at radius 1 is 0.906 bits per heavy atom. The predicted molar refractivity (Wildman–Crippen MR) is 126 cm³/mol. The molecule has 0 radical (unpaired) electrons. The van der Waals surface area contributed by atoms with E-state index in [0.717, 1.165) is 24.9 Å². The van der Waals surface area contributed by atoms with Gasteiger partial charge in [-0.1, -0.05) is 76.5 Å².